The Hall–Kier alpha value is -2.18. The molecule has 0 aliphatic rings. The summed E-state index contributed by atoms with van der Waals surface area (Å²) < 4.78 is 0. The molecule has 0 atom stereocenters. The predicted molar refractivity (Wildman–Crippen MR) is 40.4 cm³/mol. The first kappa shape index (κ1) is 8.91. The molecule has 0 aliphatic carbocycles. The Bertz CT molecular complexity index is 376. The zero-order valence-electron chi connectivity index (χ0n) is 6.26. The SMILES string of the molecule is Nc1ncc(C(=O)O)c(C(=O)O)n1. The number of carboxylic acid groups (broad SMARTS) is 2. The first-order chi connectivity index (χ1) is 6.02. The number of hydrogen-bond donors (Lipinski definition) is 3. The van der Waals surface area contributed by atoms with Crippen LogP contribution in [0.25, 0.3) is 0 Å². The van der Waals surface area contributed by atoms with Crippen LogP contribution in [0.2, 0.25) is 0 Å². The van der Waals surface area contributed by atoms with Gasteiger partial charge in [-0.3, -0.25) is 0 Å². The fourth-order valence-corrected chi connectivity index (χ4v) is 0.715. The highest BCUT2D eigenvalue weighted by molar-refractivity contribution is 6.00. The van der Waals surface area contributed by atoms with Crippen molar-refractivity contribution in [1.82, 2.24) is 9.97 Å². The molecule has 0 aliphatic heterocycles. The molecule has 0 amide bonds. The minimum absolute atomic E-state index is 0.276. The van der Waals surface area contributed by atoms with Gasteiger partial charge in [-0.25, -0.2) is 19.6 Å². The van der Waals surface area contributed by atoms with Crippen molar-refractivity contribution in [1.29, 1.82) is 0 Å². The lowest BCUT2D eigenvalue weighted by atomic mass is 10.2. The molecule has 1 heterocycles. The lowest BCUT2D eigenvalue weighted by molar-refractivity contribution is 0.0646. The highest BCUT2D eigenvalue weighted by Crippen LogP contribution is 2.06. The van der Waals surface area contributed by atoms with Crippen LogP contribution in [0.4, 0.5) is 5.95 Å². The van der Waals surface area contributed by atoms with E-state index in [1.54, 1.807) is 0 Å². The zero-order valence-corrected chi connectivity index (χ0v) is 6.26. The van der Waals surface area contributed by atoms with Crippen LogP contribution in [-0.4, -0.2) is 32.1 Å². The Kier molecular flexibility index (Phi) is 2.09. The van der Waals surface area contributed by atoms with Gasteiger partial charge in [-0.2, -0.15) is 0 Å². The third-order valence-electron chi connectivity index (χ3n) is 1.24. The molecular weight excluding hydrogens is 178 g/mol. The summed E-state index contributed by atoms with van der Waals surface area (Å²) in [6, 6.07) is 0. The Morgan fingerprint density at radius 1 is 1.31 bits per heavy atom. The molecule has 0 bridgehead atoms. The van der Waals surface area contributed by atoms with E-state index in [1.165, 1.54) is 0 Å². The molecule has 1 aromatic heterocycles. The largest absolute Gasteiger partial charge is 0.478 e. The molecule has 0 saturated carbocycles. The van der Waals surface area contributed by atoms with Gasteiger partial charge in [0, 0.05) is 6.20 Å². The van der Waals surface area contributed by atoms with E-state index in [4.69, 9.17) is 15.9 Å². The molecule has 7 heteroatoms. The maximum Gasteiger partial charge on any atom is 0.355 e. The molecule has 0 fully saturated rings. The first-order valence-electron chi connectivity index (χ1n) is 3.11. The lowest BCUT2D eigenvalue weighted by Crippen LogP contribution is -2.13. The third kappa shape index (κ3) is 1.70. The number of aromatic nitrogens is 2. The Balaban J connectivity index is 3.35. The standard InChI is InChI=1S/C6H5N3O4/c7-6-8-1-2(4(10)11)3(9-6)5(12)13/h1H,(H,10,11)(H,12,13)(H2,7,8,9). The lowest BCUT2D eigenvalue weighted by Gasteiger charge is -1.99. The average molecular weight is 183 g/mol. The van der Waals surface area contributed by atoms with E-state index in [0.717, 1.165) is 6.20 Å². The molecule has 13 heavy (non-hydrogen) atoms. The number of nitrogens with zero attached hydrogens (tertiary/aromatic N) is 2. The van der Waals surface area contributed by atoms with Crippen molar-refractivity contribution in [3.05, 3.63) is 17.5 Å². The smallest absolute Gasteiger partial charge is 0.355 e. The van der Waals surface area contributed by atoms with Crippen LogP contribution in [0.5, 0.6) is 0 Å². The van der Waals surface area contributed by atoms with Crippen molar-refractivity contribution >= 4 is 17.9 Å². The van der Waals surface area contributed by atoms with Gasteiger partial charge in [-0.1, -0.05) is 0 Å². The molecule has 1 rings (SSSR count). The van der Waals surface area contributed by atoms with Gasteiger partial charge in [0.05, 0.1) is 0 Å². The average Bonchev–Trinajstić information content (AvgIpc) is 2.03. The van der Waals surface area contributed by atoms with E-state index < -0.39 is 23.2 Å². The summed E-state index contributed by atoms with van der Waals surface area (Å²) in [5.41, 5.74) is 3.99. The Labute approximate surface area is 71.9 Å². The maximum atomic E-state index is 10.5. The first-order valence-corrected chi connectivity index (χ1v) is 3.11. The van der Waals surface area contributed by atoms with Crippen LogP contribution in [0, 0.1) is 0 Å². The highest BCUT2D eigenvalue weighted by Gasteiger charge is 2.18. The van der Waals surface area contributed by atoms with Crippen molar-refractivity contribution in [2.45, 2.75) is 0 Å². The van der Waals surface area contributed by atoms with Crippen LogP contribution >= 0.6 is 0 Å². The molecule has 68 valence electrons. The molecular formula is C6H5N3O4. The van der Waals surface area contributed by atoms with Crippen LogP contribution < -0.4 is 5.73 Å². The van der Waals surface area contributed by atoms with E-state index in [0.29, 0.717) is 0 Å². The van der Waals surface area contributed by atoms with E-state index in [9.17, 15) is 9.59 Å². The summed E-state index contributed by atoms with van der Waals surface area (Å²) in [5.74, 6) is -3.13. The minimum Gasteiger partial charge on any atom is -0.478 e. The van der Waals surface area contributed by atoms with Crippen molar-refractivity contribution in [3.8, 4) is 0 Å². The molecule has 0 spiro atoms. The highest BCUT2D eigenvalue weighted by atomic mass is 16.4. The molecule has 7 nitrogen and oxygen atoms in total. The van der Waals surface area contributed by atoms with Crippen LogP contribution in [0.3, 0.4) is 0 Å². The van der Waals surface area contributed by atoms with Gasteiger partial charge < -0.3 is 15.9 Å². The fourth-order valence-electron chi connectivity index (χ4n) is 0.715. The molecule has 0 aromatic carbocycles. The van der Waals surface area contributed by atoms with Gasteiger partial charge in [-0.15, -0.1) is 0 Å². The van der Waals surface area contributed by atoms with Gasteiger partial charge in [-0.05, 0) is 0 Å². The van der Waals surface area contributed by atoms with Crippen molar-refractivity contribution in [3.63, 3.8) is 0 Å². The topological polar surface area (TPSA) is 126 Å². The summed E-state index contributed by atoms with van der Waals surface area (Å²) in [7, 11) is 0. The summed E-state index contributed by atoms with van der Waals surface area (Å²) in [6.07, 6.45) is 0.855. The van der Waals surface area contributed by atoms with Crippen molar-refractivity contribution in [2.24, 2.45) is 0 Å². The number of anilines is 1. The van der Waals surface area contributed by atoms with Crippen molar-refractivity contribution in [2.75, 3.05) is 5.73 Å². The zero-order chi connectivity index (χ0) is 10.0. The van der Waals surface area contributed by atoms with E-state index in [1.807, 2.05) is 0 Å². The number of nitrogen functional groups attached to an aromatic ring is 1. The second-order valence-corrected chi connectivity index (χ2v) is 2.10. The van der Waals surface area contributed by atoms with Gasteiger partial charge in [0.2, 0.25) is 5.95 Å². The molecule has 0 radical (unpaired) electrons. The van der Waals surface area contributed by atoms with E-state index >= 15 is 0 Å². The van der Waals surface area contributed by atoms with Crippen LogP contribution in [0.1, 0.15) is 20.8 Å². The number of aromatic carboxylic acids is 2. The summed E-state index contributed by atoms with van der Waals surface area (Å²) in [5, 5.41) is 17.1. The number of rotatable bonds is 2. The second kappa shape index (κ2) is 3.05. The number of carboxylic acids is 2. The van der Waals surface area contributed by atoms with Gasteiger partial charge in [0.1, 0.15) is 5.56 Å². The van der Waals surface area contributed by atoms with Crippen LogP contribution in [-0.2, 0) is 0 Å². The number of hydrogen-bond acceptors (Lipinski definition) is 5. The second-order valence-electron chi connectivity index (χ2n) is 2.10. The van der Waals surface area contributed by atoms with Crippen molar-refractivity contribution < 1.29 is 19.8 Å². The normalized spacial score (nSPS) is 9.54. The van der Waals surface area contributed by atoms with Gasteiger partial charge in [0.25, 0.3) is 0 Å². The predicted octanol–water partition coefficient (Wildman–Crippen LogP) is -0.545. The van der Waals surface area contributed by atoms with Gasteiger partial charge in [0.15, 0.2) is 5.69 Å². The summed E-state index contributed by atoms with van der Waals surface area (Å²) in [6.45, 7) is 0. The Morgan fingerprint density at radius 2 is 1.92 bits per heavy atom. The molecule has 1 aromatic rings. The maximum absolute atomic E-state index is 10.5. The summed E-state index contributed by atoms with van der Waals surface area (Å²) in [4.78, 5) is 27.6. The van der Waals surface area contributed by atoms with Gasteiger partial charge >= 0.3 is 11.9 Å². The third-order valence-corrected chi connectivity index (χ3v) is 1.24. The quantitative estimate of drug-likeness (QED) is 0.561. The molecule has 0 saturated heterocycles. The minimum atomic E-state index is -1.45. The summed E-state index contributed by atoms with van der Waals surface area (Å²) >= 11 is 0. The monoisotopic (exact) mass is 183 g/mol. The molecule has 0 unspecified atom stereocenters. The van der Waals surface area contributed by atoms with E-state index in [-0.39, 0.29) is 5.95 Å². The van der Waals surface area contributed by atoms with E-state index in [2.05, 4.69) is 9.97 Å². The fraction of sp³-hybridized carbons (Fsp3) is 0. The Morgan fingerprint density at radius 3 is 2.38 bits per heavy atom. The number of nitrogens with two attached hydrogens (primary N) is 1. The van der Waals surface area contributed by atoms with Crippen LogP contribution in [0.15, 0.2) is 6.20 Å². The number of carbonyl (C=O) groups is 2. The molecule has 4 N–H and O–H groups in total.